The molecule has 2 aromatic rings. The Balaban J connectivity index is 1.21. The maximum absolute atomic E-state index is 5.80. The Bertz CT molecular complexity index is 792. The van der Waals surface area contributed by atoms with Crippen molar-refractivity contribution in [1.82, 2.24) is 14.9 Å². The van der Waals surface area contributed by atoms with Crippen LogP contribution in [-0.2, 0) is 0 Å². The van der Waals surface area contributed by atoms with Crippen LogP contribution < -0.4 is 14.4 Å². The minimum atomic E-state index is 0.506. The van der Waals surface area contributed by atoms with Crippen LogP contribution in [-0.4, -0.2) is 54.3 Å². The van der Waals surface area contributed by atoms with Crippen LogP contribution in [0.3, 0.4) is 0 Å². The van der Waals surface area contributed by atoms with Crippen LogP contribution in [0.5, 0.6) is 11.5 Å². The lowest BCUT2D eigenvalue weighted by Gasteiger charge is -2.35. The Morgan fingerprint density at radius 1 is 0.929 bits per heavy atom. The van der Waals surface area contributed by atoms with Crippen molar-refractivity contribution >= 4 is 5.95 Å². The molecular weight excluding hydrogens is 352 g/mol. The van der Waals surface area contributed by atoms with Crippen LogP contribution in [0.15, 0.2) is 36.7 Å². The van der Waals surface area contributed by atoms with E-state index in [0.29, 0.717) is 19.3 Å². The van der Waals surface area contributed by atoms with E-state index in [1.165, 1.54) is 44.3 Å². The predicted octanol–water partition coefficient (Wildman–Crippen LogP) is 3.30. The molecule has 0 N–H and O–H groups in total. The number of piperidine rings is 1. The normalized spacial score (nSPS) is 23.1. The first kappa shape index (κ1) is 17.7. The minimum Gasteiger partial charge on any atom is -0.486 e. The van der Waals surface area contributed by atoms with Gasteiger partial charge < -0.3 is 14.4 Å². The first-order chi connectivity index (χ1) is 13.9. The molecule has 1 aromatic carbocycles. The zero-order valence-electron chi connectivity index (χ0n) is 16.3. The van der Waals surface area contributed by atoms with Gasteiger partial charge in [-0.3, -0.25) is 4.90 Å². The molecule has 0 radical (unpaired) electrons. The van der Waals surface area contributed by atoms with Crippen LogP contribution in [0, 0.1) is 5.92 Å². The van der Waals surface area contributed by atoms with E-state index >= 15 is 0 Å². The maximum atomic E-state index is 5.80. The van der Waals surface area contributed by atoms with Gasteiger partial charge in [0, 0.05) is 38.1 Å². The molecule has 2 fully saturated rings. The van der Waals surface area contributed by atoms with Gasteiger partial charge in [-0.2, -0.15) is 0 Å². The number of hydrogen-bond acceptors (Lipinski definition) is 6. The molecule has 0 saturated carbocycles. The first-order valence-electron chi connectivity index (χ1n) is 10.5. The zero-order chi connectivity index (χ0) is 18.8. The summed E-state index contributed by atoms with van der Waals surface area (Å²) >= 11 is 0. The molecule has 0 aliphatic carbocycles. The zero-order valence-corrected chi connectivity index (χ0v) is 16.3. The Hall–Kier alpha value is -2.34. The Morgan fingerprint density at radius 2 is 1.71 bits per heavy atom. The quantitative estimate of drug-likeness (QED) is 0.811. The number of aromatic nitrogens is 2. The molecule has 0 bridgehead atoms. The van der Waals surface area contributed by atoms with E-state index in [-0.39, 0.29) is 0 Å². The number of rotatable bonds is 4. The second kappa shape index (κ2) is 7.95. The monoisotopic (exact) mass is 380 g/mol. The number of hydrogen-bond donors (Lipinski definition) is 0. The van der Waals surface area contributed by atoms with Crippen LogP contribution in [0.2, 0.25) is 0 Å². The highest BCUT2D eigenvalue weighted by molar-refractivity contribution is 5.44. The van der Waals surface area contributed by atoms with E-state index in [1.54, 1.807) is 0 Å². The molecule has 4 heterocycles. The lowest BCUT2D eigenvalue weighted by molar-refractivity contribution is 0.169. The van der Waals surface area contributed by atoms with Gasteiger partial charge in [-0.15, -0.1) is 0 Å². The molecule has 1 atom stereocenters. The highest BCUT2D eigenvalue weighted by Crippen LogP contribution is 2.39. The van der Waals surface area contributed by atoms with Gasteiger partial charge in [0.05, 0.1) is 0 Å². The molecule has 28 heavy (non-hydrogen) atoms. The Morgan fingerprint density at radius 3 is 2.54 bits per heavy atom. The van der Waals surface area contributed by atoms with E-state index < -0.39 is 0 Å². The second-order valence-electron chi connectivity index (χ2n) is 8.04. The third-order valence-electron chi connectivity index (χ3n) is 6.26. The highest BCUT2D eigenvalue weighted by Gasteiger charge is 2.30. The van der Waals surface area contributed by atoms with Gasteiger partial charge in [0.25, 0.3) is 0 Å². The van der Waals surface area contributed by atoms with E-state index in [1.807, 2.05) is 18.5 Å². The summed E-state index contributed by atoms with van der Waals surface area (Å²) in [4.78, 5) is 13.8. The van der Waals surface area contributed by atoms with Gasteiger partial charge in [0.1, 0.15) is 13.2 Å². The SMILES string of the molecule is c1cnc(N2CCC(CN3CCC[C@@H]3c3ccc4c(c3)OCCO4)CC2)nc1. The Kier molecular flexibility index (Phi) is 5.04. The summed E-state index contributed by atoms with van der Waals surface area (Å²) in [7, 11) is 0. The van der Waals surface area contributed by atoms with Crippen molar-refractivity contribution in [1.29, 1.82) is 0 Å². The highest BCUT2D eigenvalue weighted by atomic mass is 16.6. The topological polar surface area (TPSA) is 50.7 Å². The van der Waals surface area contributed by atoms with E-state index in [9.17, 15) is 0 Å². The molecule has 0 spiro atoms. The second-order valence-corrected chi connectivity index (χ2v) is 8.04. The average molecular weight is 380 g/mol. The molecule has 5 rings (SSSR count). The average Bonchev–Trinajstić information content (AvgIpc) is 3.23. The van der Waals surface area contributed by atoms with Crippen molar-refractivity contribution in [3.8, 4) is 11.5 Å². The first-order valence-corrected chi connectivity index (χ1v) is 10.5. The predicted molar refractivity (Wildman–Crippen MR) is 108 cm³/mol. The fourth-order valence-corrected chi connectivity index (χ4v) is 4.79. The molecule has 1 aromatic heterocycles. The molecule has 0 amide bonds. The number of nitrogens with zero attached hydrogens (tertiary/aromatic N) is 4. The van der Waals surface area contributed by atoms with Gasteiger partial charge >= 0.3 is 0 Å². The van der Waals surface area contributed by atoms with Crippen LogP contribution in [0.1, 0.15) is 37.3 Å². The fourth-order valence-electron chi connectivity index (χ4n) is 4.79. The van der Waals surface area contributed by atoms with Gasteiger partial charge in [-0.05, 0) is 61.9 Å². The van der Waals surface area contributed by atoms with E-state index in [0.717, 1.165) is 36.5 Å². The smallest absolute Gasteiger partial charge is 0.225 e. The molecule has 148 valence electrons. The van der Waals surface area contributed by atoms with Crippen molar-refractivity contribution in [2.24, 2.45) is 5.92 Å². The molecule has 3 aliphatic heterocycles. The summed E-state index contributed by atoms with van der Waals surface area (Å²) in [6, 6.07) is 8.89. The van der Waals surface area contributed by atoms with Gasteiger partial charge in [-0.25, -0.2) is 9.97 Å². The summed E-state index contributed by atoms with van der Waals surface area (Å²) in [5.41, 5.74) is 1.37. The summed E-state index contributed by atoms with van der Waals surface area (Å²) < 4.78 is 11.5. The largest absolute Gasteiger partial charge is 0.486 e. The molecule has 2 saturated heterocycles. The maximum Gasteiger partial charge on any atom is 0.225 e. The molecule has 3 aliphatic rings. The van der Waals surface area contributed by atoms with Crippen molar-refractivity contribution in [2.75, 3.05) is 44.3 Å². The minimum absolute atomic E-state index is 0.506. The molecule has 0 unspecified atom stereocenters. The summed E-state index contributed by atoms with van der Waals surface area (Å²) in [5.74, 6) is 3.41. The molecule has 6 heteroatoms. The summed E-state index contributed by atoms with van der Waals surface area (Å²) in [6.45, 7) is 5.78. The number of benzene rings is 1. The molecule has 6 nitrogen and oxygen atoms in total. The van der Waals surface area contributed by atoms with Gasteiger partial charge in [0.15, 0.2) is 11.5 Å². The number of fused-ring (bicyclic) bond motifs is 1. The lowest BCUT2D eigenvalue weighted by atomic mass is 9.95. The van der Waals surface area contributed by atoms with Gasteiger partial charge in [0.2, 0.25) is 5.95 Å². The van der Waals surface area contributed by atoms with Crippen molar-refractivity contribution < 1.29 is 9.47 Å². The lowest BCUT2D eigenvalue weighted by Crippen LogP contribution is -2.39. The number of likely N-dealkylation sites (tertiary alicyclic amines) is 1. The fraction of sp³-hybridized carbons (Fsp3) is 0.545. The van der Waals surface area contributed by atoms with E-state index in [2.05, 4.69) is 38.0 Å². The van der Waals surface area contributed by atoms with Crippen molar-refractivity contribution in [3.63, 3.8) is 0 Å². The number of ether oxygens (including phenoxy) is 2. The standard InChI is InChI=1S/C22H28N4O2/c1-3-19(18-4-5-20-21(15-18)28-14-13-27-20)26(10-1)16-17-6-11-25(12-7-17)22-23-8-2-9-24-22/h2,4-5,8-9,15,17,19H,1,3,6-7,10-14,16H2/t19-/m1/s1. The van der Waals surface area contributed by atoms with Crippen molar-refractivity contribution in [3.05, 3.63) is 42.2 Å². The third kappa shape index (κ3) is 3.65. The van der Waals surface area contributed by atoms with Crippen LogP contribution in [0.4, 0.5) is 5.95 Å². The molecular formula is C22H28N4O2. The summed E-state index contributed by atoms with van der Waals surface area (Å²) in [6.07, 6.45) is 8.59. The third-order valence-corrected chi connectivity index (χ3v) is 6.26. The van der Waals surface area contributed by atoms with Crippen LogP contribution in [0.25, 0.3) is 0 Å². The van der Waals surface area contributed by atoms with Crippen molar-refractivity contribution in [2.45, 2.75) is 31.7 Å². The Labute approximate surface area is 166 Å². The number of anilines is 1. The van der Waals surface area contributed by atoms with Crippen LogP contribution >= 0.6 is 0 Å². The summed E-state index contributed by atoms with van der Waals surface area (Å²) in [5, 5.41) is 0. The van der Waals surface area contributed by atoms with E-state index in [4.69, 9.17) is 9.47 Å². The van der Waals surface area contributed by atoms with Gasteiger partial charge in [-0.1, -0.05) is 6.07 Å².